The van der Waals surface area contributed by atoms with Crippen LogP contribution in [0.15, 0.2) is 22.7 Å². The number of carbonyl (C=O) groups is 1. The molecule has 1 saturated heterocycles. The minimum absolute atomic E-state index is 0.00962. The molecule has 122 valence electrons. The molecule has 2 rings (SSSR count). The number of carbonyl (C=O) groups excluding carboxylic acids is 1. The van der Waals surface area contributed by atoms with E-state index in [1.54, 1.807) is 17.0 Å². The Bertz CT molecular complexity index is 519. The normalized spacial score (nSPS) is 18.5. The molecule has 0 radical (unpaired) electrons. The largest absolute Gasteiger partial charge is 0.378 e. The summed E-state index contributed by atoms with van der Waals surface area (Å²) in [7, 11) is 0. The molecule has 1 atom stereocenters. The van der Waals surface area contributed by atoms with Gasteiger partial charge in [0.25, 0.3) is 0 Å². The third-order valence-corrected chi connectivity index (χ3v) is 4.20. The Morgan fingerprint density at radius 3 is 2.95 bits per heavy atom. The molecule has 1 fully saturated rings. The van der Waals surface area contributed by atoms with Gasteiger partial charge in [0, 0.05) is 41.6 Å². The van der Waals surface area contributed by atoms with Gasteiger partial charge in [-0.1, -0.05) is 15.9 Å². The summed E-state index contributed by atoms with van der Waals surface area (Å²) in [6, 6.07) is 4.84. The standard InChI is InChI=1S/C16H22BrFN2O2/c1-11(2)20(9-12-7-13(17)3-4-15(12)18)16(21)8-14-10-22-6-5-19-14/h3-4,7,11,14,19H,5-6,8-10H2,1-2H3. The zero-order chi connectivity index (χ0) is 16.1. The number of hydrogen-bond donors (Lipinski definition) is 1. The van der Waals surface area contributed by atoms with E-state index in [4.69, 9.17) is 4.74 Å². The fourth-order valence-electron chi connectivity index (χ4n) is 2.49. The fourth-order valence-corrected chi connectivity index (χ4v) is 2.89. The van der Waals surface area contributed by atoms with Crippen LogP contribution in [0.2, 0.25) is 0 Å². The SMILES string of the molecule is CC(C)N(Cc1cc(Br)ccc1F)C(=O)CC1COCCN1. The lowest BCUT2D eigenvalue weighted by molar-refractivity contribution is -0.134. The monoisotopic (exact) mass is 372 g/mol. The summed E-state index contributed by atoms with van der Waals surface area (Å²) in [5.41, 5.74) is 0.518. The van der Waals surface area contributed by atoms with Gasteiger partial charge >= 0.3 is 0 Å². The van der Waals surface area contributed by atoms with E-state index in [-0.39, 0.29) is 30.4 Å². The summed E-state index contributed by atoms with van der Waals surface area (Å²) < 4.78 is 20.1. The molecule has 22 heavy (non-hydrogen) atoms. The highest BCUT2D eigenvalue weighted by atomic mass is 79.9. The van der Waals surface area contributed by atoms with E-state index < -0.39 is 0 Å². The number of nitrogens with one attached hydrogen (secondary N) is 1. The van der Waals surface area contributed by atoms with Crippen LogP contribution < -0.4 is 5.32 Å². The topological polar surface area (TPSA) is 41.6 Å². The summed E-state index contributed by atoms with van der Waals surface area (Å²) in [5.74, 6) is -0.279. The first kappa shape index (κ1) is 17.4. The van der Waals surface area contributed by atoms with E-state index in [1.807, 2.05) is 13.8 Å². The van der Waals surface area contributed by atoms with Crippen LogP contribution >= 0.6 is 15.9 Å². The van der Waals surface area contributed by atoms with E-state index in [0.29, 0.717) is 25.2 Å². The van der Waals surface area contributed by atoms with Gasteiger partial charge in [0.2, 0.25) is 5.91 Å². The zero-order valence-corrected chi connectivity index (χ0v) is 14.5. The van der Waals surface area contributed by atoms with E-state index >= 15 is 0 Å². The number of amides is 1. The number of nitrogens with zero attached hydrogens (tertiary/aromatic N) is 1. The number of benzene rings is 1. The molecule has 1 N–H and O–H groups in total. The summed E-state index contributed by atoms with van der Waals surface area (Å²) in [6.07, 6.45) is 0.369. The summed E-state index contributed by atoms with van der Waals surface area (Å²) in [5, 5.41) is 3.27. The molecule has 0 aromatic heterocycles. The highest BCUT2D eigenvalue weighted by molar-refractivity contribution is 9.10. The van der Waals surface area contributed by atoms with Crippen molar-refractivity contribution >= 4 is 21.8 Å². The van der Waals surface area contributed by atoms with Gasteiger partial charge in [0.05, 0.1) is 13.2 Å². The van der Waals surface area contributed by atoms with Crippen LogP contribution in [0, 0.1) is 5.82 Å². The van der Waals surface area contributed by atoms with E-state index in [0.717, 1.165) is 11.0 Å². The number of ether oxygens (including phenoxy) is 1. The first-order valence-corrected chi connectivity index (χ1v) is 8.31. The lowest BCUT2D eigenvalue weighted by Gasteiger charge is -2.30. The molecule has 0 spiro atoms. The van der Waals surface area contributed by atoms with Crippen molar-refractivity contribution in [3.05, 3.63) is 34.1 Å². The average Bonchev–Trinajstić information content (AvgIpc) is 2.48. The van der Waals surface area contributed by atoms with Crippen molar-refractivity contribution < 1.29 is 13.9 Å². The molecule has 1 aliphatic heterocycles. The number of rotatable bonds is 5. The molecule has 4 nitrogen and oxygen atoms in total. The lowest BCUT2D eigenvalue weighted by atomic mass is 10.1. The number of hydrogen-bond acceptors (Lipinski definition) is 3. The van der Waals surface area contributed by atoms with Crippen LogP contribution in [-0.4, -0.2) is 42.6 Å². The van der Waals surface area contributed by atoms with Crippen LogP contribution in [0.5, 0.6) is 0 Å². The maximum atomic E-state index is 13.9. The molecular weight excluding hydrogens is 351 g/mol. The van der Waals surface area contributed by atoms with E-state index in [2.05, 4.69) is 21.2 Å². The van der Waals surface area contributed by atoms with Crippen molar-refractivity contribution in [1.82, 2.24) is 10.2 Å². The first-order valence-electron chi connectivity index (χ1n) is 7.52. The summed E-state index contributed by atoms with van der Waals surface area (Å²) >= 11 is 3.34. The maximum Gasteiger partial charge on any atom is 0.224 e. The fraction of sp³-hybridized carbons (Fsp3) is 0.562. The molecule has 6 heteroatoms. The van der Waals surface area contributed by atoms with Crippen LogP contribution in [0.4, 0.5) is 4.39 Å². The molecule has 0 saturated carbocycles. The van der Waals surface area contributed by atoms with Crippen molar-refractivity contribution in [1.29, 1.82) is 0 Å². The van der Waals surface area contributed by atoms with Crippen molar-refractivity contribution in [3.8, 4) is 0 Å². The molecule has 1 aromatic carbocycles. The van der Waals surface area contributed by atoms with Gasteiger partial charge in [0.1, 0.15) is 5.82 Å². The Kier molecular flexibility index (Phi) is 6.35. The Morgan fingerprint density at radius 2 is 2.32 bits per heavy atom. The number of morpholine rings is 1. The molecule has 1 aromatic rings. The van der Waals surface area contributed by atoms with Crippen molar-refractivity contribution in [2.75, 3.05) is 19.8 Å². The van der Waals surface area contributed by atoms with Crippen molar-refractivity contribution in [3.63, 3.8) is 0 Å². The Labute approximate surface area is 139 Å². The second kappa shape index (κ2) is 8.04. The predicted octanol–water partition coefficient (Wildman–Crippen LogP) is 2.70. The molecule has 1 aliphatic rings. The van der Waals surface area contributed by atoms with Gasteiger partial charge in [-0.05, 0) is 32.0 Å². The van der Waals surface area contributed by atoms with Crippen LogP contribution in [-0.2, 0) is 16.1 Å². The molecule has 0 aliphatic carbocycles. The van der Waals surface area contributed by atoms with Gasteiger partial charge in [-0.25, -0.2) is 4.39 Å². The minimum atomic E-state index is -0.291. The van der Waals surface area contributed by atoms with Crippen molar-refractivity contribution in [2.45, 2.75) is 38.9 Å². The van der Waals surface area contributed by atoms with Gasteiger partial charge in [0.15, 0.2) is 0 Å². The Balaban J connectivity index is 2.05. The maximum absolute atomic E-state index is 13.9. The van der Waals surface area contributed by atoms with Crippen LogP contribution in [0.25, 0.3) is 0 Å². The molecule has 0 bridgehead atoms. The van der Waals surface area contributed by atoms with Gasteiger partial charge in [-0.15, -0.1) is 0 Å². The second-order valence-electron chi connectivity index (χ2n) is 5.78. The molecule has 1 amide bonds. The third kappa shape index (κ3) is 4.76. The van der Waals surface area contributed by atoms with Gasteiger partial charge < -0.3 is 15.0 Å². The van der Waals surface area contributed by atoms with Gasteiger partial charge in [-0.3, -0.25) is 4.79 Å². The van der Waals surface area contributed by atoms with Gasteiger partial charge in [-0.2, -0.15) is 0 Å². The zero-order valence-electron chi connectivity index (χ0n) is 12.9. The van der Waals surface area contributed by atoms with Crippen LogP contribution in [0.3, 0.4) is 0 Å². The minimum Gasteiger partial charge on any atom is -0.378 e. The Morgan fingerprint density at radius 1 is 1.55 bits per heavy atom. The first-order chi connectivity index (χ1) is 10.5. The van der Waals surface area contributed by atoms with E-state index in [9.17, 15) is 9.18 Å². The molecule has 1 unspecified atom stereocenters. The smallest absolute Gasteiger partial charge is 0.224 e. The van der Waals surface area contributed by atoms with Crippen LogP contribution in [0.1, 0.15) is 25.8 Å². The molecule has 1 heterocycles. The Hall–Kier alpha value is -0.980. The predicted molar refractivity (Wildman–Crippen MR) is 87.0 cm³/mol. The highest BCUT2D eigenvalue weighted by Gasteiger charge is 2.23. The lowest BCUT2D eigenvalue weighted by Crippen LogP contribution is -2.46. The molecular formula is C16H22BrFN2O2. The second-order valence-corrected chi connectivity index (χ2v) is 6.70. The summed E-state index contributed by atoms with van der Waals surface area (Å²) in [4.78, 5) is 14.3. The quantitative estimate of drug-likeness (QED) is 0.863. The number of halogens is 2. The van der Waals surface area contributed by atoms with E-state index in [1.165, 1.54) is 6.07 Å². The average molecular weight is 373 g/mol. The van der Waals surface area contributed by atoms with Crippen molar-refractivity contribution in [2.24, 2.45) is 0 Å². The third-order valence-electron chi connectivity index (χ3n) is 3.71. The summed E-state index contributed by atoms with van der Waals surface area (Å²) in [6.45, 7) is 6.15. The highest BCUT2D eigenvalue weighted by Crippen LogP contribution is 2.19.